The van der Waals surface area contributed by atoms with E-state index in [0.717, 1.165) is 19.1 Å². The van der Waals surface area contributed by atoms with E-state index in [1.807, 2.05) is 0 Å². The predicted octanol–water partition coefficient (Wildman–Crippen LogP) is 2.16. The summed E-state index contributed by atoms with van der Waals surface area (Å²) < 4.78 is 23.6. The van der Waals surface area contributed by atoms with Crippen molar-refractivity contribution in [3.63, 3.8) is 0 Å². The molecule has 0 spiro atoms. The van der Waals surface area contributed by atoms with E-state index in [0.29, 0.717) is 0 Å². The van der Waals surface area contributed by atoms with Gasteiger partial charge in [-0.05, 0) is 19.1 Å². The minimum absolute atomic E-state index is 0.0351. The summed E-state index contributed by atoms with van der Waals surface area (Å²) in [4.78, 5) is 35.1. The minimum atomic E-state index is -1.66. The maximum Gasteiger partial charge on any atom is 0.308 e. The lowest BCUT2D eigenvalue weighted by Crippen LogP contribution is -2.32. The third kappa shape index (κ3) is 3.19. The number of hydrogen-bond acceptors (Lipinski definition) is 5. The number of carbonyl (C=O) groups is 3. The van der Waals surface area contributed by atoms with Crippen LogP contribution in [0, 0.1) is 5.82 Å². The van der Waals surface area contributed by atoms with Gasteiger partial charge in [0.15, 0.2) is 0 Å². The van der Waals surface area contributed by atoms with E-state index >= 15 is 0 Å². The molecule has 0 saturated heterocycles. The zero-order valence-electron chi connectivity index (χ0n) is 12.5. The monoisotopic (exact) mass is 341 g/mol. The second-order valence-corrected chi connectivity index (χ2v) is 5.43. The molecule has 1 heterocycles. The Labute approximate surface area is 136 Å². The van der Waals surface area contributed by atoms with Crippen LogP contribution in [0.15, 0.2) is 29.8 Å². The van der Waals surface area contributed by atoms with Gasteiger partial charge >= 0.3 is 5.97 Å². The van der Waals surface area contributed by atoms with E-state index in [4.69, 9.17) is 21.1 Å². The Balaban J connectivity index is 2.49. The Kier molecular flexibility index (Phi) is 4.42. The van der Waals surface area contributed by atoms with Crippen LogP contribution in [0.1, 0.15) is 26.3 Å². The highest BCUT2D eigenvalue weighted by Crippen LogP contribution is 2.41. The number of amides is 1. The molecule has 1 atom stereocenters. The smallest absolute Gasteiger partial charge is 0.308 e. The van der Waals surface area contributed by atoms with Crippen LogP contribution < -0.4 is 5.32 Å². The largest absolute Gasteiger partial charge is 0.456 e. The summed E-state index contributed by atoms with van der Waals surface area (Å²) in [6, 6.07) is 3.43. The molecule has 1 aromatic carbocycles. The molecule has 1 aliphatic heterocycles. The molecular formula is C15H13ClFNO5. The van der Waals surface area contributed by atoms with Gasteiger partial charge in [-0.15, -0.1) is 0 Å². The van der Waals surface area contributed by atoms with Crippen molar-refractivity contribution in [2.24, 2.45) is 0 Å². The first-order valence-corrected chi connectivity index (χ1v) is 6.92. The maximum atomic E-state index is 13.2. The summed E-state index contributed by atoms with van der Waals surface area (Å²) in [5.41, 5.74) is -1.48. The number of halogens is 2. The Morgan fingerprint density at radius 2 is 2.00 bits per heavy atom. The van der Waals surface area contributed by atoms with Gasteiger partial charge in [-0.3, -0.25) is 19.7 Å². The minimum Gasteiger partial charge on any atom is -0.456 e. The standard InChI is InChI=1S/C15H13ClFNO5/c1-7(19)18-14-12(22-8(2)20)13(21)15(3,23-14)10-5-4-9(17)6-11(10)16/h4-6H,1-3H3,(H,18,19). The number of hydrogen-bond donors (Lipinski definition) is 1. The van der Waals surface area contributed by atoms with Crippen molar-refractivity contribution in [2.75, 3.05) is 0 Å². The molecule has 1 unspecified atom stereocenters. The third-order valence-corrected chi connectivity index (χ3v) is 3.45. The van der Waals surface area contributed by atoms with Crippen LogP contribution in [0.4, 0.5) is 4.39 Å². The third-order valence-electron chi connectivity index (χ3n) is 3.13. The fourth-order valence-electron chi connectivity index (χ4n) is 2.15. The lowest BCUT2D eigenvalue weighted by Gasteiger charge is -2.24. The lowest BCUT2D eigenvalue weighted by molar-refractivity contribution is -0.142. The van der Waals surface area contributed by atoms with Crippen LogP contribution >= 0.6 is 11.6 Å². The number of esters is 1. The molecule has 122 valence electrons. The zero-order chi connectivity index (χ0) is 17.4. The second kappa shape index (κ2) is 6.00. The number of ketones is 1. The van der Waals surface area contributed by atoms with Crippen molar-refractivity contribution in [1.29, 1.82) is 0 Å². The molecule has 1 aromatic rings. The zero-order valence-corrected chi connectivity index (χ0v) is 13.3. The molecular weight excluding hydrogens is 329 g/mol. The first-order valence-electron chi connectivity index (χ1n) is 6.54. The van der Waals surface area contributed by atoms with E-state index in [1.165, 1.54) is 19.9 Å². The van der Waals surface area contributed by atoms with Crippen molar-refractivity contribution in [3.05, 3.63) is 46.2 Å². The van der Waals surface area contributed by atoms with Crippen molar-refractivity contribution in [3.8, 4) is 0 Å². The Bertz CT molecular complexity index is 745. The highest BCUT2D eigenvalue weighted by Gasteiger charge is 2.50. The summed E-state index contributed by atoms with van der Waals surface area (Å²) in [5.74, 6) is -3.30. The van der Waals surface area contributed by atoms with Gasteiger partial charge in [0, 0.05) is 19.4 Å². The topological polar surface area (TPSA) is 81.7 Å². The van der Waals surface area contributed by atoms with Crippen LogP contribution in [0.25, 0.3) is 0 Å². The van der Waals surface area contributed by atoms with Gasteiger partial charge in [0.05, 0.1) is 5.02 Å². The number of benzene rings is 1. The quantitative estimate of drug-likeness (QED) is 0.852. The highest BCUT2D eigenvalue weighted by atomic mass is 35.5. The van der Waals surface area contributed by atoms with Crippen LogP contribution in [0.3, 0.4) is 0 Å². The molecule has 2 rings (SSSR count). The summed E-state index contributed by atoms with van der Waals surface area (Å²) in [6.07, 6.45) is 0. The van der Waals surface area contributed by atoms with Crippen LogP contribution in [-0.2, 0) is 29.5 Å². The van der Waals surface area contributed by atoms with Crippen molar-refractivity contribution < 1.29 is 28.2 Å². The number of carbonyl (C=O) groups excluding carboxylic acids is 3. The molecule has 0 aliphatic carbocycles. The van der Waals surface area contributed by atoms with E-state index in [1.54, 1.807) is 0 Å². The van der Waals surface area contributed by atoms with Gasteiger partial charge in [-0.2, -0.15) is 0 Å². The van der Waals surface area contributed by atoms with E-state index in [-0.39, 0.29) is 16.5 Å². The Hall–Kier alpha value is -2.41. The number of ether oxygens (including phenoxy) is 2. The van der Waals surface area contributed by atoms with Gasteiger partial charge in [-0.25, -0.2) is 4.39 Å². The Morgan fingerprint density at radius 1 is 1.35 bits per heavy atom. The molecule has 0 aromatic heterocycles. The fourth-order valence-corrected chi connectivity index (χ4v) is 2.50. The fraction of sp³-hybridized carbons (Fsp3) is 0.267. The van der Waals surface area contributed by atoms with Crippen molar-refractivity contribution >= 4 is 29.3 Å². The van der Waals surface area contributed by atoms with E-state index < -0.39 is 34.8 Å². The molecule has 8 heteroatoms. The van der Waals surface area contributed by atoms with Gasteiger partial charge in [0.1, 0.15) is 5.82 Å². The normalized spacial score (nSPS) is 20.3. The van der Waals surface area contributed by atoms with E-state index in [9.17, 15) is 18.8 Å². The number of rotatable bonds is 3. The van der Waals surface area contributed by atoms with Crippen LogP contribution in [-0.4, -0.2) is 17.7 Å². The van der Waals surface area contributed by atoms with Crippen molar-refractivity contribution in [1.82, 2.24) is 5.32 Å². The lowest BCUT2D eigenvalue weighted by atomic mass is 9.91. The average molecular weight is 342 g/mol. The molecule has 0 saturated carbocycles. The molecule has 6 nitrogen and oxygen atoms in total. The SMILES string of the molecule is CC(=O)NC1=C(OC(C)=O)C(=O)C(C)(c2ccc(F)cc2Cl)O1. The van der Waals surface area contributed by atoms with Crippen LogP contribution in [0.5, 0.6) is 0 Å². The van der Waals surface area contributed by atoms with Gasteiger partial charge in [0.25, 0.3) is 5.78 Å². The molecule has 1 aliphatic rings. The summed E-state index contributed by atoms with van der Waals surface area (Å²) >= 11 is 5.99. The summed E-state index contributed by atoms with van der Waals surface area (Å²) in [7, 11) is 0. The molecule has 23 heavy (non-hydrogen) atoms. The van der Waals surface area contributed by atoms with E-state index in [2.05, 4.69) is 5.32 Å². The first kappa shape index (κ1) is 17.0. The average Bonchev–Trinajstić information content (AvgIpc) is 2.63. The molecule has 0 bridgehead atoms. The first-order chi connectivity index (χ1) is 10.6. The summed E-state index contributed by atoms with van der Waals surface area (Å²) in [6.45, 7) is 3.69. The van der Waals surface area contributed by atoms with Crippen LogP contribution in [0.2, 0.25) is 5.02 Å². The van der Waals surface area contributed by atoms with Gasteiger partial charge in [-0.1, -0.05) is 17.7 Å². The molecule has 0 radical (unpaired) electrons. The number of Topliss-reactive ketones (excluding diaryl/α,β-unsaturated/α-hetero) is 1. The maximum absolute atomic E-state index is 13.2. The number of nitrogens with one attached hydrogen (secondary N) is 1. The Morgan fingerprint density at radius 3 is 2.52 bits per heavy atom. The van der Waals surface area contributed by atoms with Gasteiger partial charge in [0.2, 0.25) is 23.2 Å². The van der Waals surface area contributed by atoms with Crippen molar-refractivity contribution in [2.45, 2.75) is 26.4 Å². The molecule has 1 amide bonds. The van der Waals surface area contributed by atoms with Gasteiger partial charge < -0.3 is 9.47 Å². The summed E-state index contributed by atoms with van der Waals surface area (Å²) in [5, 5.41) is 2.25. The molecule has 0 fully saturated rings. The highest BCUT2D eigenvalue weighted by molar-refractivity contribution is 6.32. The second-order valence-electron chi connectivity index (χ2n) is 5.02. The molecule has 1 N–H and O–H groups in total. The predicted molar refractivity (Wildman–Crippen MR) is 77.5 cm³/mol.